The first-order valence-electron chi connectivity index (χ1n) is 7.88. The van der Waals surface area contributed by atoms with E-state index in [4.69, 9.17) is 18.9 Å². The van der Waals surface area contributed by atoms with E-state index in [0.29, 0.717) is 11.1 Å². The van der Waals surface area contributed by atoms with E-state index in [1.807, 2.05) is 12.1 Å². The van der Waals surface area contributed by atoms with E-state index in [2.05, 4.69) is 0 Å². The van der Waals surface area contributed by atoms with Gasteiger partial charge < -0.3 is 18.9 Å². The second kappa shape index (κ2) is 12.1. The molecule has 6 nitrogen and oxygen atoms in total. The summed E-state index contributed by atoms with van der Waals surface area (Å²) in [7, 11) is 5.76. The van der Waals surface area contributed by atoms with Gasteiger partial charge in [-0.2, -0.15) is 0 Å². The maximum absolute atomic E-state index is 11.6. The highest BCUT2D eigenvalue weighted by atomic mass is 16.7. The monoisotopic (exact) mass is 360 g/mol. The van der Waals surface area contributed by atoms with E-state index in [1.54, 1.807) is 48.5 Å². The Morgan fingerprint density at radius 3 is 1.08 bits per heavy atom. The maximum Gasteiger partial charge on any atom is 0.222 e. The second-order valence-corrected chi connectivity index (χ2v) is 5.07. The van der Waals surface area contributed by atoms with Crippen LogP contribution < -0.4 is 0 Å². The summed E-state index contributed by atoms with van der Waals surface area (Å²) < 4.78 is 19.4. The molecule has 2 aromatic carbocycles. The van der Waals surface area contributed by atoms with Gasteiger partial charge in [0.25, 0.3) is 0 Å². The minimum atomic E-state index is -0.803. The normalized spacial score (nSPS) is 10.4. The standard InChI is InChI=1S/2C10H12O3/c2*1-12-10(13-2)9(11)8-6-4-3-5-7-8/h2*3-7,10H,1-2H3. The predicted molar refractivity (Wildman–Crippen MR) is 97.2 cm³/mol. The SMILES string of the molecule is COC(OC)C(=O)c1ccccc1.COC(OC)C(=O)c1ccccc1. The molecule has 0 unspecified atom stereocenters. The Morgan fingerprint density at radius 1 is 0.577 bits per heavy atom. The zero-order valence-electron chi connectivity index (χ0n) is 15.4. The lowest BCUT2D eigenvalue weighted by Crippen LogP contribution is -2.24. The molecule has 0 aromatic heterocycles. The van der Waals surface area contributed by atoms with Crippen LogP contribution in [0, 0.1) is 0 Å². The van der Waals surface area contributed by atoms with Crippen LogP contribution in [0.5, 0.6) is 0 Å². The van der Waals surface area contributed by atoms with Crippen molar-refractivity contribution in [3.8, 4) is 0 Å². The van der Waals surface area contributed by atoms with Crippen molar-refractivity contribution < 1.29 is 28.5 Å². The van der Waals surface area contributed by atoms with Gasteiger partial charge in [0.1, 0.15) is 0 Å². The highest BCUT2D eigenvalue weighted by molar-refractivity contribution is 5.99. The van der Waals surface area contributed by atoms with Crippen LogP contribution in [0.4, 0.5) is 0 Å². The Hall–Kier alpha value is -2.38. The number of carbonyl (C=O) groups excluding carboxylic acids is 2. The van der Waals surface area contributed by atoms with Crippen LogP contribution in [0.1, 0.15) is 20.7 Å². The quantitative estimate of drug-likeness (QED) is 0.532. The molecule has 0 bridgehead atoms. The molecule has 0 fully saturated rings. The second-order valence-electron chi connectivity index (χ2n) is 5.07. The number of ketones is 2. The maximum atomic E-state index is 11.6. The lowest BCUT2D eigenvalue weighted by atomic mass is 10.1. The highest BCUT2D eigenvalue weighted by Gasteiger charge is 2.18. The number of ether oxygens (including phenoxy) is 4. The Kier molecular flexibility index (Phi) is 10.0. The Labute approximate surface area is 153 Å². The number of Topliss-reactive ketones (excluding diaryl/α,β-unsaturated/α-hetero) is 2. The summed E-state index contributed by atoms with van der Waals surface area (Å²) in [6.07, 6.45) is -1.61. The average Bonchev–Trinajstić information content (AvgIpc) is 2.71. The molecule has 140 valence electrons. The summed E-state index contributed by atoms with van der Waals surface area (Å²) in [5.41, 5.74) is 1.19. The highest BCUT2D eigenvalue weighted by Crippen LogP contribution is 2.06. The van der Waals surface area contributed by atoms with Crippen LogP contribution in [0.2, 0.25) is 0 Å². The molecule has 6 heteroatoms. The van der Waals surface area contributed by atoms with Crippen LogP contribution in [0.3, 0.4) is 0 Å². The Morgan fingerprint density at radius 2 is 0.846 bits per heavy atom. The average molecular weight is 360 g/mol. The third-order valence-corrected chi connectivity index (χ3v) is 3.40. The molecule has 2 rings (SSSR count). The van der Waals surface area contributed by atoms with Crippen molar-refractivity contribution in [3.63, 3.8) is 0 Å². The zero-order chi connectivity index (χ0) is 19.4. The molecule has 0 N–H and O–H groups in total. The summed E-state index contributed by atoms with van der Waals surface area (Å²) in [5, 5.41) is 0. The third kappa shape index (κ3) is 6.50. The minimum Gasteiger partial charge on any atom is -0.349 e. The number of rotatable bonds is 8. The van der Waals surface area contributed by atoms with E-state index in [0.717, 1.165) is 0 Å². The van der Waals surface area contributed by atoms with E-state index in [1.165, 1.54) is 28.4 Å². The van der Waals surface area contributed by atoms with Crippen LogP contribution in [-0.4, -0.2) is 52.6 Å². The van der Waals surface area contributed by atoms with Crippen molar-refractivity contribution in [2.24, 2.45) is 0 Å². The van der Waals surface area contributed by atoms with Gasteiger partial charge in [-0.25, -0.2) is 0 Å². The molecule has 0 amide bonds. The smallest absolute Gasteiger partial charge is 0.222 e. The molecule has 26 heavy (non-hydrogen) atoms. The van der Waals surface area contributed by atoms with Crippen molar-refractivity contribution in [2.45, 2.75) is 12.6 Å². The van der Waals surface area contributed by atoms with Gasteiger partial charge in [0, 0.05) is 39.6 Å². The van der Waals surface area contributed by atoms with Gasteiger partial charge >= 0.3 is 0 Å². The first kappa shape index (κ1) is 21.7. The van der Waals surface area contributed by atoms with Crippen LogP contribution >= 0.6 is 0 Å². The molecule has 0 saturated heterocycles. The van der Waals surface area contributed by atoms with Crippen molar-refractivity contribution >= 4 is 11.6 Å². The molecule has 0 saturated carbocycles. The molecular formula is C20H24O6. The van der Waals surface area contributed by atoms with Crippen LogP contribution in [0.25, 0.3) is 0 Å². The number of hydrogen-bond acceptors (Lipinski definition) is 6. The first-order chi connectivity index (χ1) is 12.6. The molecule has 0 heterocycles. The van der Waals surface area contributed by atoms with E-state index < -0.39 is 12.6 Å². The lowest BCUT2D eigenvalue weighted by Gasteiger charge is -2.11. The topological polar surface area (TPSA) is 71.1 Å². The summed E-state index contributed by atoms with van der Waals surface area (Å²) in [5.74, 6) is -0.323. The molecule has 0 atom stereocenters. The lowest BCUT2D eigenvalue weighted by molar-refractivity contribution is -0.0742. The summed E-state index contributed by atoms with van der Waals surface area (Å²) in [6, 6.07) is 17.8. The zero-order valence-corrected chi connectivity index (χ0v) is 15.4. The summed E-state index contributed by atoms with van der Waals surface area (Å²) in [6.45, 7) is 0. The fraction of sp³-hybridized carbons (Fsp3) is 0.300. The van der Waals surface area contributed by atoms with Crippen molar-refractivity contribution in [1.82, 2.24) is 0 Å². The van der Waals surface area contributed by atoms with Crippen molar-refractivity contribution in [3.05, 3.63) is 71.8 Å². The third-order valence-electron chi connectivity index (χ3n) is 3.40. The van der Waals surface area contributed by atoms with Crippen LogP contribution in [0.15, 0.2) is 60.7 Å². The van der Waals surface area contributed by atoms with Crippen LogP contribution in [-0.2, 0) is 18.9 Å². The van der Waals surface area contributed by atoms with Gasteiger partial charge in [-0.3, -0.25) is 9.59 Å². The summed E-state index contributed by atoms with van der Waals surface area (Å²) in [4.78, 5) is 23.1. The fourth-order valence-electron chi connectivity index (χ4n) is 2.10. The molecule has 0 spiro atoms. The molecule has 0 radical (unpaired) electrons. The van der Waals surface area contributed by atoms with Crippen molar-refractivity contribution in [1.29, 1.82) is 0 Å². The van der Waals surface area contributed by atoms with Gasteiger partial charge in [0.05, 0.1) is 0 Å². The summed E-state index contributed by atoms with van der Waals surface area (Å²) >= 11 is 0. The number of benzene rings is 2. The van der Waals surface area contributed by atoms with Gasteiger partial charge in [-0.15, -0.1) is 0 Å². The number of hydrogen-bond donors (Lipinski definition) is 0. The predicted octanol–water partition coefficient (Wildman–Crippen LogP) is 2.98. The van der Waals surface area contributed by atoms with Gasteiger partial charge in [-0.1, -0.05) is 60.7 Å². The van der Waals surface area contributed by atoms with E-state index >= 15 is 0 Å². The molecule has 0 aliphatic carbocycles. The minimum absolute atomic E-state index is 0.161. The largest absolute Gasteiger partial charge is 0.349 e. The van der Waals surface area contributed by atoms with Gasteiger partial charge in [0.15, 0.2) is 0 Å². The Balaban J connectivity index is 0.000000260. The number of carbonyl (C=O) groups is 2. The molecule has 2 aromatic rings. The number of methoxy groups -OCH3 is 4. The van der Waals surface area contributed by atoms with E-state index in [-0.39, 0.29) is 11.6 Å². The first-order valence-corrected chi connectivity index (χ1v) is 7.88. The Bertz CT molecular complexity index is 589. The van der Waals surface area contributed by atoms with Gasteiger partial charge in [0.2, 0.25) is 24.1 Å². The van der Waals surface area contributed by atoms with E-state index in [9.17, 15) is 9.59 Å². The molecule has 0 aliphatic heterocycles. The fourth-order valence-corrected chi connectivity index (χ4v) is 2.10. The van der Waals surface area contributed by atoms with Gasteiger partial charge in [-0.05, 0) is 0 Å². The van der Waals surface area contributed by atoms with Crippen molar-refractivity contribution in [2.75, 3.05) is 28.4 Å². The molecular weight excluding hydrogens is 336 g/mol. The molecule has 0 aliphatic rings.